The molecule has 1 unspecified atom stereocenters. The summed E-state index contributed by atoms with van der Waals surface area (Å²) >= 11 is 0. The fourth-order valence-electron chi connectivity index (χ4n) is 2.44. The average molecular weight is 328 g/mol. The first-order chi connectivity index (χ1) is 11.1. The highest BCUT2D eigenvalue weighted by atomic mass is 16.5. The minimum atomic E-state index is -0.509. The normalized spacial score (nSPS) is 13.6. The summed E-state index contributed by atoms with van der Waals surface area (Å²) in [6.45, 7) is 10.6. The van der Waals surface area contributed by atoms with Crippen molar-refractivity contribution in [2.75, 3.05) is 6.61 Å². The molecule has 3 nitrogen and oxygen atoms in total. The molecule has 2 aromatic rings. The Kier molecular flexibility index (Phi) is 5.24. The highest BCUT2D eigenvalue weighted by Crippen LogP contribution is 2.33. The SMILES string of the molecule is CC(C)(c1ccc(O)cc1)c1ccc(OCC(O)C(C)(C)C)cc1. The molecule has 0 aliphatic heterocycles. The molecule has 0 aliphatic rings. The van der Waals surface area contributed by atoms with Crippen LogP contribution in [0.1, 0.15) is 45.7 Å². The quantitative estimate of drug-likeness (QED) is 0.849. The number of hydrogen-bond donors (Lipinski definition) is 2. The fraction of sp³-hybridized carbons (Fsp3) is 0.429. The third-order valence-corrected chi connectivity index (χ3v) is 4.57. The lowest BCUT2D eigenvalue weighted by Crippen LogP contribution is -2.31. The predicted octanol–water partition coefficient (Wildman–Crippen LogP) is 4.50. The molecule has 0 bridgehead atoms. The molecule has 0 saturated carbocycles. The molecule has 3 heteroatoms. The summed E-state index contributed by atoms with van der Waals surface area (Å²) in [6, 6.07) is 15.3. The van der Waals surface area contributed by atoms with Gasteiger partial charge in [-0.1, -0.05) is 58.9 Å². The molecule has 2 N–H and O–H groups in total. The Hall–Kier alpha value is -2.00. The molecular weight excluding hydrogens is 300 g/mol. The molecule has 1 atom stereocenters. The first-order valence-corrected chi connectivity index (χ1v) is 8.31. The van der Waals surface area contributed by atoms with Crippen molar-refractivity contribution in [1.82, 2.24) is 0 Å². The van der Waals surface area contributed by atoms with Crippen molar-refractivity contribution in [3.05, 3.63) is 59.7 Å². The Labute approximate surface area is 144 Å². The molecule has 0 aliphatic carbocycles. The Morgan fingerprint density at radius 1 is 0.833 bits per heavy atom. The van der Waals surface area contributed by atoms with E-state index >= 15 is 0 Å². The maximum atomic E-state index is 10.1. The van der Waals surface area contributed by atoms with Crippen molar-refractivity contribution in [3.63, 3.8) is 0 Å². The van der Waals surface area contributed by atoms with Crippen LogP contribution in [-0.2, 0) is 5.41 Å². The molecule has 0 spiro atoms. The van der Waals surface area contributed by atoms with Crippen molar-refractivity contribution in [2.24, 2.45) is 5.41 Å². The molecule has 0 fully saturated rings. The van der Waals surface area contributed by atoms with Gasteiger partial charge in [-0.05, 0) is 40.8 Å². The molecule has 2 aromatic carbocycles. The molecule has 24 heavy (non-hydrogen) atoms. The lowest BCUT2D eigenvalue weighted by Gasteiger charge is -2.27. The van der Waals surface area contributed by atoms with Crippen LogP contribution < -0.4 is 4.74 Å². The molecule has 0 radical (unpaired) electrons. The minimum absolute atomic E-state index is 0.169. The molecule has 0 saturated heterocycles. The van der Waals surface area contributed by atoms with Gasteiger partial charge in [0.05, 0.1) is 6.10 Å². The molecule has 130 valence electrons. The van der Waals surface area contributed by atoms with Crippen LogP contribution in [0.2, 0.25) is 0 Å². The first kappa shape index (κ1) is 18.3. The van der Waals surface area contributed by atoms with E-state index in [0.717, 1.165) is 16.9 Å². The summed E-state index contributed by atoms with van der Waals surface area (Å²) in [7, 11) is 0. The van der Waals surface area contributed by atoms with E-state index in [9.17, 15) is 10.2 Å². The van der Waals surface area contributed by atoms with E-state index in [1.165, 1.54) is 0 Å². The number of ether oxygens (including phenoxy) is 1. The highest BCUT2D eigenvalue weighted by molar-refractivity contribution is 5.41. The van der Waals surface area contributed by atoms with E-state index in [1.54, 1.807) is 12.1 Å². The Bertz CT molecular complexity index is 649. The van der Waals surface area contributed by atoms with Gasteiger partial charge in [0.15, 0.2) is 0 Å². The number of aliphatic hydroxyl groups excluding tert-OH is 1. The first-order valence-electron chi connectivity index (χ1n) is 8.31. The van der Waals surface area contributed by atoms with Gasteiger partial charge in [-0.2, -0.15) is 0 Å². The summed E-state index contributed by atoms with van der Waals surface area (Å²) in [5.74, 6) is 1.03. The second-order valence-corrected chi connectivity index (χ2v) is 7.89. The van der Waals surface area contributed by atoms with Crippen LogP contribution in [0.5, 0.6) is 11.5 Å². The predicted molar refractivity (Wildman–Crippen MR) is 97.6 cm³/mol. The summed E-state index contributed by atoms with van der Waals surface area (Å²) < 4.78 is 5.70. The minimum Gasteiger partial charge on any atom is -0.508 e. The third-order valence-electron chi connectivity index (χ3n) is 4.57. The van der Waals surface area contributed by atoms with Gasteiger partial charge in [-0.25, -0.2) is 0 Å². The monoisotopic (exact) mass is 328 g/mol. The number of aromatic hydroxyl groups is 1. The van der Waals surface area contributed by atoms with Crippen LogP contribution >= 0.6 is 0 Å². The summed E-state index contributed by atoms with van der Waals surface area (Å²) in [6.07, 6.45) is -0.509. The lowest BCUT2D eigenvalue weighted by molar-refractivity contribution is 0.0218. The highest BCUT2D eigenvalue weighted by Gasteiger charge is 2.24. The van der Waals surface area contributed by atoms with Gasteiger partial charge in [0.1, 0.15) is 18.1 Å². The number of phenolic OH excluding ortho intramolecular Hbond substituents is 1. The number of rotatable bonds is 5. The summed E-state index contributed by atoms with van der Waals surface area (Å²) in [5.41, 5.74) is 1.94. The van der Waals surface area contributed by atoms with Gasteiger partial charge in [0.25, 0.3) is 0 Å². The zero-order chi connectivity index (χ0) is 18.0. The smallest absolute Gasteiger partial charge is 0.119 e. The van der Waals surface area contributed by atoms with Gasteiger partial charge in [0, 0.05) is 5.41 Å². The lowest BCUT2D eigenvalue weighted by atomic mass is 9.78. The van der Waals surface area contributed by atoms with E-state index in [-0.39, 0.29) is 23.2 Å². The van der Waals surface area contributed by atoms with Crippen LogP contribution in [0.4, 0.5) is 0 Å². The molecular formula is C21H28O3. The van der Waals surface area contributed by atoms with Crippen LogP contribution in [-0.4, -0.2) is 22.9 Å². The number of aliphatic hydroxyl groups is 1. The van der Waals surface area contributed by atoms with Crippen LogP contribution in [0.25, 0.3) is 0 Å². The second-order valence-electron chi connectivity index (χ2n) is 7.89. The summed E-state index contributed by atoms with van der Waals surface area (Å²) in [4.78, 5) is 0. The fourth-order valence-corrected chi connectivity index (χ4v) is 2.44. The third kappa shape index (κ3) is 4.30. The van der Waals surface area contributed by atoms with Crippen LogP contribution in [0.3, 0.4) is 0 Å². The van der Waals surface area contributed by atoms with Crippen molar-refractivity contribution >= 4 is 0 Å². The summed E-state index contributed by atoms with van der Waals surface area (Å²) in [5, 5.41) is 19.5. The topological polar surface area (TPSA) is 49.7 Å². The Morgan fingerprint density at radius 3 is 1.75 bits per heavy atom. The van der Waals surface area contributed by atoms with Crippen LogP contribution in [0, 0.1) is 5.41 Å². The van der Waals surface area contributed by atoms with E-state index in [4.69, 9.17) is 4.74 Å². The largest absolute Gasteiger partial charge is 0.508 e. The number of benzene rings is 2. The van der Waals surface area contributed by atoms with E-state index < -0.39 is 6.10 Å². The van der Waals surface area contributed by atoms with Crippen molar-refractivity contribution in [3.8, 4) is 11.5 Å². The molecule has 0 amide bonds. The Morgan fingerprint density at radius 2 is 1.29 bits per heavy atom. The Balaban J connectivity index is 2.09. The average Bonchev–Trinajstić information content (AvgIpc) is 2.52. The molecule has 2 rings (SSSR count). The van der Waals surface area contributed by atoms with E-state index in [1.807, 2.05) is 57.2 Å². The molecule has 0 heterocycles. The van der Waals surface area contributed by atoms with Gasteiger partial charge in [-0.15, -0.1) is 0 Å². The van der Waals surface area contributed by atoms with E-state index in [2.05, 4.69) is 13.8 Å². The van der Waals surface area contributed by atoms with Gasteiger partial charge >= 0.3 is 0 Å². The number of hydrogen-bond acceptors (Lipinski definition) is 3. The zero-order valence-electron chi connectivity index (χ0n) is 15.2. The van der Waals surface area contributed by atoms with Crippen LogP contribution in [0.15, 0.2) is 48.5 Å². The maximum absolute atomic E-state index is 10.1. The number of phenols is 1. The zero-order valence-corrected chi connectivity index (χ0v) is 15.2. The van der Waals surface area contributed by atoms with Crippen molar-refractivity contribution < 1.29 is 14.9 Å². The van der Waals surface area contributed by atoms with Gasteiger partial charge < -0.3 is 14.9 Å². The maximum Gasteiger partial charge on any atom is 0.119 e. The standard InChI is InChI=1S/C21H28O3/c1-20(2,3)19(23)14-24-18-12-8-16(9-13-18)21(4,5)15-6-10-17(22)11-7-15/h6-13,19,22-23H,14H2,1-5H3. The van der Waals surface area contributed by atoms with Gasteiger partial charge in [0.2, 0.25) is 0 Å². The van der Waals surface area contributed by atoms with Crippen molar-refractivity contribution in [1.29, 1.82) is 0 Å². The van der Waals surface area contributed by atoms with Crippen molar-refractivity contribution in [2.45, 2.75) is 46.1 Å². The van der Waals surface area contributed by atoms with Gasteiger partial charge in [-0.3, -0.25) is 0 Å². The molecule has 0 aromatic heterocycles. The van der Waals surface area contributed by atoms with E-state index in [0.29, 0.717) is 0 Å². The second kappa shape index (κ2) is 6.86.